The van der Waals surface area contributed by atoms with Gasteiger partial charge in [-0.2, -0.15) is 0 Å². The van der Waals surface area contributed by atoms with Gasteiger partial charge in [-0.3, -0.25) is 0 Å². The average Bonchev–Trinajstić information content (AvgIpc) is 2.26. The number of ether oxygens (including phenoxy) is 2. The fourth-order valence-electron chi connectivity index (χ4n) is 1.25. The van der Waals surface area contributed by atoms with E-state index >= 15 is 0 Å². The molecule has 0 amide bonds. The predicted molar refractivity (Wildman–Crippen MR) is 61.3 cm³/mol. The molecule has 4 heteroatoms. The molecular formula is C11H21ClO3. The second kappa shape index (κ2) is 10.1. The maximum Gasteiger partial charge on any atom is 0.508 e. The van der Waals surface area contributed by atoms with E-state index in [9.17, 15) is 4.79 Å². The number of alkyl halides is 1. The third-order valence-electron chi connectivity index (χ3n) is 2.28. The Morgan fingerprint density at radius 3 is 2.60 bits per heavy atom. The molecule has 3 nitrogen and oxygen atoms in total. The zero-order chi connectivity index (χ0) is 11.5. The molecule has 0 aliphatic heterocycles. The van der Waals surface area contributed by atoms with Gasteiger partial charge in [0.15, 0.2) is 0 Å². The zero-order valence-corrected chi connectivity index (χ0v) is 10.4. The lowest BCUT2D eigenvalue weighted by Gasteiger charge is -2.14. The van der Waals surface area contributed by atoms with Gasteiger partial charge < -0.3 is 9.47 Å². The first-order valence-electron chi connectivity index (χ1n) is 5.60. The van der Waals surface area contributed by atoms with Gasteiger partial charge in [0.1, 0.15) is 6.61 Å². The molecule has 0 aromatic heterocycles. The molecule has 0 radical (unpaired) electrons. The molecule has 0 aliphatic rings. The van der Waals surface area contributed by atoms with Crippen molar-refractivity contribution in [3.05, 3.63) is 0 Å². The maximum atomic E-state index is 11.0. The fraction of sp³-hybridized carbons (Fsp3) is 0.909. The molecule has 0 heterocycles. The van der Waals surface area contributed by atoms with Crippen LogP contribution in [-0.2, 0) is 9.47 Å². The van der Waals surface area contributed by atoms with Crippen LogP contribution in [0.3, 0.4) is 0 Å². The van der Waals surface area contributed by atoms with Gasteiger partial charge in [-0.25, -0.2) is 4.79 Å². The summed E-state index contributed by atoms with van der Waals surface area (Å²) in [5, 5.41) is 0. The van der Waals surface area contributed by atoms with Crippen molar-refractivity contribution in [2.75, 3.05) is 19.1 Å². The van der Waals surface area contributed by atoms with E-state index in [0.29, 0.717) is 18.4 Å². The Labute approximate surface area is 97.1 Å². The van der Waals surface area contributed by atoms with Crippen LogP contribution in [0.2, 0.25) is 0 Å². The van der Waals surface area contributed by atoms with Gasteiger partial charge in [0.2, 0.25) is 0 Å². The monoisotopic (exact) mass is 236 g/mol. The summed E-state index contributed by atoms with van der Waals surface area (Å²) in [6.07, 6.45) is 3.88. The standard InChI is InChI=1S/C11H21ClO3/c1-3-5-6-10(4-2)9-15-11(13)14-8-7-12/h10H,3-9H2,1-2H3. The summed E-state index contributed by atoms with van der Waals surface area (Å²) in [6.45, 7) is 4.93. The van der Waals surface area contributed by atoms with Gasteiger partial charge in [-0.1, -0.05) is 33.1 Å². The van der Waals surface area contributed by atoms with Crippen molar-refractivity contribution in [2.45, 2.75) is 39.5 Å². The van der Waals surface area contributed by atoms with E-state index in [0.717, 1.165) is 12.8 Å². The normalized spacial score (nSPS) is 12.2. The molecule has 0 rings (SSSR count). The minimum absolute atomic E-state index is 0.214. The van der Waals surface area contributed by atoms with E-state index in [1.54, 1.807) is 0 Å². The largest absolute Gasteiger partial charge is 0.508 e. The Kier molecular flexibility index (Phi) is 9.79. The minimum Gasteiger partial charge on any atom is -0.434 e. The van der Waals surface area contributed by atoms with Gasteiger partial charge in [0, 0.05) is 0 Å². The Bertz CT molecular complexity index is 162. The first-order valence-corrected chi connectivity index (χ1v) is 6.13. The van der Waals surface area contributed by atoms with Crippen LogP contribution in [0.4, 0.5) is 4.79 Å². The van der Waals surface area contributed by atoms with Crippen molar-refractivity contribution in [3.8, 4) is 0 Å². The second-order valence-corrected chi connectivity index (χ2v) is 3.89. The minimum atomic E-state index is -0.606. The van der Waals surface area contributed by atoms with Gasteiger partial charge in [-0.05, 0) is 12.3 Å². The smallest absolute Gasteiger partial charge is 0.434 e. The molecule has 90 valence electrons. The molecule has 1 unspecified atom stereocenters. The Morgan fingerprint density at radius 1 is 1.33 bits per heavy atom. The third-order valence-corrected chi connectivity index (χ3v) is 2.43. The number of hydrogen-bond donors (Lipinski definition) is 0. The van der Waals surface area contributed by atoms with Crippen molar-refractivity contribution in [2.24, 2.45) is 5.92 Å². The van der Waals surface area contributed by atoms with E-state index < -0.39 is 6.16 Å². The molecular weight excluding hydrogens is 216 g/mol. The topological polar surface area (TPSA) is 35.5 Å². The highest BCUT2D eigenvalue weighted by Crippen LogP contribution is 2.12. The summed E-state index contributed by atoms with van der Waals surface area (Å²) in [4.78, 5) is 11.0. The van der Waals surface area contributed by atoms with Crippen LogP contribution < -0.4 is 0 Å². The molecule has 0 aromatic carbocycles. The van der Waals surface area contributed by atoms with E-state index in [1.165, 1.54) is 12.8 Å². The number of halogens is 1. The van der Waals surface area contributed by atoms with Crippen LogP contribution >= 0.6 is 11.6 Å². The predicted octanol–water partition coefficient (Wildman–Crippen LogP) is 3.59. The summed E-state index contributed by atoms with van der Waals surface area (Å²) in [6, 6.07) is 0. The lowest BCUT2D eigenvalue weighted by molar-refractivity contribution is 0.0463. The van der Waals surface area contributed by atoms with Crippen molar-refractivity contribution in [1.29, 1.82) is 0 Å². The number of carbonyl (C=O) groups excluding carboxylic acids is 1. The third kappa shape index (κ3) is 8.55. The molecule has 0 bridgehead atoms. The first kappa shape index (κ1) is 14.6. The summed E-state index contributed by atoms with van der Waals surface area (Å²) in [7, 11) is 0. The van der Waals surface area contributed by atoms with Crippen LogP contribution in [0.25, 0.3) is 0 Å². The van der Waals surface area contributed by atoms with Crippen LogP contribution in [0.5, 0.6) is 0 Å². The van der Waals surface area contributed by atoms with Gasteiger partial charge >= 0.3 is 6.16 Å². The lowest BCUT2D eigenvalue weighted by atomic mass is 10.0. The molecule has 0 fully saturated rings. The number of unbranched alkanes of at least 4 members (excludes halogenated alkanes) is 1. The fourth-order valence-corrected chi connectivity index (χ4v) is 1.32. The molecule has 15 heavy (non-hydrogen) atoms. The lowest BCUT2D eigenvalue weighted by Crippen LogP contribution is -2.15. The van der Waals surface area contributed by atoms with Crippen LogP contribution in [0.15, 0.2) is 0 Å². The van der Waals surface area contributed by atoms with Gasteiger partial charge in [0.05, 0.1) is 12.5 Å². The number of carbonyl (C=O) groups is 1. The molecule has 0 N–H and O–H groups in total. The van der Waals surface area contributed by atoms with Gasteiger partial charge in [-0.15, -0.1) is 11.6 Å². The highest BCUT2D eigenvalue weighted by molar-refractivity contribution is 6.18. The van der Waals surface area contributed by atoms with Crippen LogP contribution in [0.1, 0.15) is 39.5 Å². The maximum absolute atomic E-state index is 11.0. The SMILES string of the molecule is CCCCC(CC)COC(=O)OCCCl. The molecule has 0 aliphatic carbocycles. The van der Waals surface area contributed by atoms with Crippen molar-refractivity contribution < 1.29 is 14.3 Å². The van der Waals surface area contributed by atoms with Crippen molar-refractivity contribution in [1.82, 2.24) is 0 Å². The van der Waals surface area contributed by atoms with E-state index in [4.69, 9.17) is 21.1 Å². The molecule has 0 spiro atoms. The molecule has 0 saturated carbocycles. The first-order chi connectivity index (χ1) is 7.24. The van der Waals surface area contributed by atoms with E-state index in [-0.39, 0.29) is 6.61 Å². The molecule has 1 atom stereocenters. The highest BCUT2D eigenvalue weighted by atomic mass is 35.5. The van der Waals surface area contributed by atoms with Crippen LogP contribution in [-0.4, -0.2) is 25.2 Å². The Morgan fingerprint density at radius 2 is 2.07 bits per heavy atom. The van der Waals surface area contributed by atoms with E-state index in [1.807, 2.05) is 0 Å². The summed E-state index contributed by atoms with van der Waals surface area (Å²) in [5.74, 6) is 0.760. The highest BCUT2D eigenvalue weighted by Gasteiger charge is 2.10. The van der Waals surface area contributed by atoms with E-state index in [2.05, 4.69) is 13.8 Å². The van der Waals surface area contributed by atoms with Crippen LogP contribution in [0, 0.1) is 5.92 Å². The summed E-state index contributed by atoms with van der Waals surface area (Å²) >= 11 is 5.37. The Balaban J connectivity index is 3.55. The van der Waals surface area contributed by atoms with Crippen molar-refractivity contribution in [3.63, 3.8) is 0 Å². The molecule has 0 saturated heterocycles. The number of hydrogen-bond acceptors (Lipinski definition) is 3. The quantitative estimate of drug-likeness (QED) is 0.477. The van der Waals surface area contributed by atoms with Crippen molar-refractivity contribution >= 4 is 17.8 Å². The summed E-state index contributed by atoms with van der Waals surface area (Å²) < 4.78 is 9.67. The van der Waals surface area contributed by atoms with Gasteiger partial charge in [0.25, 0.3) is 0 Å². The zero-order valence-electron chi connectivity index (χ0n) is 9.63. The number of rotatable bonds is 8. The molecule has 0 aromatic rings. The second-order valence-electron chi connectivity index (χ2n) is 3.51. The summed E-state index contributed by atoms with van der Waals surface area (Å²) in [5.41, 5.74) is 0. The average molecular weight is 237 g/mol. The Hall–Kier alpha value is -0.440.